The monoisotopic (exact) mass is 375 g/mol. The summed E-state index contributed by atoms with van der Waals surface area (Å²) in [6.45, 7) is 0.201. The van der Waals surface area contributed by atoms with Crippen molar-refractivity contribution in [1.82, 2.24) is 0 Å². The Kier molecular flexibility index (Phi) is 4.94. The van der Waals surface area contributed by atoms with Gasteiger partial charge in [0.1, 0.15) is 0 Å². The van der Waals surface area contributed by atoms with Gasteiger partial charge in [0.2, 0.25) is 6.10 Å². The molecule has 0 amide bonds. The third-order valence-electron chi connectivity index (χ3n) is 3.98. The normalized spacial score (nSPS) is 16.8. The van der Waals surface area contributed by atoms with E-state index in [-0.39, 0.29) is 17.1 Å². The Hall–Kier alpha value is -2.87. The molecule has 0 bridgehead atoms. The maximum Gasteiger partial charge on any atom is 0.347 e. The maximum absolute atomic E-state index is 12.8. The highest BCUT2D eigenvalue weighted by Crippen LogP contribution is 2.23. The van der Waals surface area contributed by atoms with Gasteiger partial charge in [-0.05, 0) is 30.3 Å². The zero-order valence-electron chi connectivity index (χ0n) is 14.0. The lowest BCUT2D eigenvalue weighted by molar-refractivity contribution is -0.145. The average Bonchev–Trinajstić information content (AvgIpc) is 3.06. The minimum Gasteiger partial charge on any atom is -0.463 e. The molecule has 26 heavy (non-hydrogen) atoms. The van der Waals surface area contributed by atoms with Gasteiger partial charge in [0.25, 0.3) is 10.0 Å². The van der Waals surface area contributed by atoms with Gasteiger partial charge >= 0.3 is 11.9 Å². The molecule has 0 aliphatic carbocycles. The lowest BCUT2D eigenvalue weighted by atomic mass is 10.2. The van der Waals surface area contributed by atoms with E-state index in [1.165, 1.54) is 31.3 Å². The number of carbonyl (C=O) groups excluding carboxylic acids is 2. The molecule has 0 unspecified atom stereocenters. The quantitative estimate of drug-likeness (QED) is 0.743. The van der Waals surface area contributed by atoms with Gasteiger partial charge in [-0.2, -0.15) is 0 Å². The van der Waals surface area contributed by atoms with E-state index in [2.05, 4.69) is 0 Å². The highest BCUT2D eigenvalue weighted by molar-refractivity contribution is 7.92. The van der Waals surface area contributed by atoms with Crippen LogP contribution in [0.5, 0.6) is 0 Å². The van der Waals surface area contributed by atoms with Crippen LogP contribution in [0.15, 0.2) is 59.5 Å². The van der Waals surface area contributed by atoms with Crippen molar-refractivity contribution >= 4 is 27.6 Å². The summed E-state index contributed by atoms with van der Waals surface area (Å²) in [5.74, 6) is -1.36. The first-order valence-electron chi connectivity index (χ1n) is 7.91. The van der Waals surface area contributed by atoms with Crippen molar-refractivity contribution < 1.29 is 27.5 Å². The fourth-order valence-corrected chi connectivity index (χ4v) is 3.74. The number of carbonyl (C=O) groups is 2. The third-order valence-corrected chi connectivity index (χ3v) is 5.77. The van der Waals surface area contributed by atoms with E-state index in [9.17, 15) is 18.0 Å². The highest BCUT2D eigenvalue weighted by atomic mass is 32.2. The van der Waals surface area contributed by atoms with Crippen molar-refractivity contribution in [3.63, 3.8) is 0 Å². The van der Waals surface area contributed by atoms with Crippen molar-refractivity contribution in [2.45, 2.75) is 17.4 Å². The van der Waals surface area contributed by atoms with Gasteiger partial charge in [-0.3, -0.25) is 4.31 Å². The lowest BCUT2D eigenvalue weighted by Crippen LogP contribution is -2.27. The molecule has 0 spiro atoms. The van der Waals surface area contributed by atoms with Crippen molar-refractivity contribution in [3.8, 4) is 0 Å². The van der Waals surface area contributed by atoms with Crippen molar-refractivity contribution in [2.24, 2.45) is 0 Å². The van der Waals surface area contributed by atoms with E-state index >= 15 is 0 Å². The summed E-state index contributed by atoms with van der Waals surface area (Å²) in [5.41, 5.74) is 0.543. The number of anilines is 1. The summed E-state index contributed by atoms with van der Waals surface area (Å²) in [4.78, 5) is 23.6. The molecule has 2 aromatic rings. The molecule has 8 heteroatoms. The van der Waals surface area contributed by atoms with Crippen LogP contribution in [0, 0.1) is 0 Å². The van der Waals surface area contributed by atoms with Crippen LogP contribution in [-0.2, 0) is 24.3 Å². The first-order valence-corrected chi connectivity index (χ1v) is 9.35. The molecule has 0 saturated carbocycles. The second-order valence-electron chi connectivity index (χ2n) is 5.69. The van der Waals surface area contributed by atoms with Crippen LogP contribution in [0.4, 0.5) is 5.69 Å². The Morgan fingerprint density at radius 2 is 1.88 bits per heavy atom. The topological polar surface area (TPSA) is 90.0 Å². The van der Waals surface area contributed by atoms with Crippen molar-refractivity contribution in [3.05, 3.63) is 60.2 Å². The Bertz CT molecular complexity index is 926. The summed E-state index contributed by atoms with van der Waals surface area (Å²) in [6, 6.07) is 14.1. The summed E-state index contributed by atoms with van der Waals surface area (Å²) < 4.78 is 36.6. The zero-order valence-corrected chi connectivity index (χ0v) is 14.8. The van der Waals surface area contributed by atoms with Crippen LogP contribution in [0.3, 0.4) is 0 Å². The number of sulfonamides is 1. The molecule has 0 N–H and O–H groups in total. The minimum absolute atomic E-state index is 0.0484. The maximum atomic E-state index is 12.8. The molecule has 1 aliphatic rings. The Labute approximate surface area is 151 Å². The van der Waals surface area contributed by atoms with E-state index in [1.807, 2.05) is 0 Å². The largest absolute Gasteiger partial charge is 0.463 e. The SMILES string of the molecule is CN(c1ccccc1)S(=O)(=O)c1cccc(C(=O)O[C@H]2CCOC2=O)c1. The fraction of sp³-hybridized carbons (Fsp3) is 0.222. The van der Waals surface area contributed by atoms with E-state index in [1.54, 1.807) is 30.3 Å². The molecular weight excluding hydrogens is 358 g/mol. The van der Waals surface area contributed by atoms with Gasteiger partial charge in [0, 0.05) is 13.5 Å². The Morgan fingerprint density at radius 3 is 2.54 bits per heavy atom. The number of cyclic esters (lactones) is 1. The van der Waals surface area contributed by atoms with E-state index in [4.69, 9.17) is 9.47 Å². The molecule has 1 fully saturated rings. The van der Waals surface area contributed by atoms with Crippen molar-refractivity contribution in [1.29, 1.82) is 0 Å². The minimum atomic E-state index is -3.85. The fourth-order valence-electron chi connectivity index (χ4n) is 2.50. The smallest absolute Gasteiger partial charge is 0.347 e. The highest BCUT2D eigenvalue weighted by Gasteiger charge is 2.31. The van der Waals surface area contributed by atoms with Crippen LogP contribution < -0.4 is 4.31 Å². The molecule has 1 saturated heterocycles. The summed E-state index contributed by atoms with van der Waals surface area (Å²) in [5, 5.41) is 0. The number of ether oxygens (including phenoxy) is 2. The van der Waals surface area contributed by atoms with Gasteiger partial charge in [-0.1, -0.05) is 24.3 Å². The van der Waals surface area contributed by atoms with Crippen molar-refractivity contribution in [2.75, 3.05) is 18.0 Å². The van der Waals surface area contributed by atoms with Gasteiger partial charge in [-0.25, -0.2) is 18.0 Å². The molecule has 1 atom stereocenters. The Morgan fingerprint density at radius 1 is 1.15 bits per heavy atom. The van der Waals surface area contributed by atoms with Gasteiger partial charge in [0.15, 0.2) is 0 Å². The van der Waals surface area contributed by atoms with Crippen LogP contribution in [0.2, 0.25) is 0 Å². The standard InChI is InChI=1S/C18H17NO6S/c1-19(14-7-3-2-4-8-14)26(22,23)15-9-5-6-13(12-15)17(20)25-16-10-11-24-18(16)21/h2-9,12,16H,10-11H2,1H3/t16-/m0/s1. The number of nitrogens with zero attached hydrogens (tertiary/aromatic N) is 1. The summed E-state index contributed by atoms with van der Waals surface area (Å²) in [7, 11) is -2.42. The first kappa shape index (κ1) is 17.9. The average molecular weight is 375 g/mol. The van der Waals surface area contributed by atoms with E-state index in [0.29, 0.717) is 12.1 Å². The molecule has 3 rings (SSSR count). The Balaban J connectivity index is 1.84. The van der Waals surface area contributed by atoms with Crippen LogP contribution in [0.1, 0.15) is 16.8 Å². The lowest BCUT2D eigenvalue weighted by Gasteiger charge is -2.19. The first-order chi connectivity index (χ1) is 12.4. The predicted octanol–water partition coefficient (Wildman–Crippen LogP) is 1.98. The van der Waals surface area contributed by atoms with Crippen LogP contribution in [-0.4, -0.2) is 40.1 Å². The molecule has 0 aromatic heterocycles. The number of para-hydroxylation sites is 1. The van der Waals surface area contributed by atoms with E-state index < -0.39 is 28.1 Å². The predicted molar refractivity (Wildman–Crippen MR) is 93.3 cm³/mol. The third kappa shape index (κ3) is 3.55. The molecule has 2 aromatic carbocycles. The number of rotatable bonds is 5. The van der Waals surface area contributed by atoms with E-state index in [0.717, 1.165) is 4.31 Å². The van der Waals surface area contributed by atoms with Crippen LogP contribution in [0.25, 0.3) is 0 Å². The second kappa shape index (κ2) is 7.17. The molecule has 7 nitrogen and oxygen atoms in total. The number of hydrogen-bond acceptors (Lipinski definition) is 6. The summed E-state index contributed by atoms with van der Waals surface area (Å²) in [6.07, 6.45) is -0.658. The number of esters is 2. The zero-order chi connectivity index (χ0) is 18.7. The van der Waals surface area contributed by atoms with Gasteiger partial charge in [-0.15, -0.1) is 0 Å². The molecule has 136 valence electrons. The van der Waals surface area contributed by atoms with Crippen LogP contribution >= 0.6 is 0 Å². The molecule has 0 radical (unpaired) electrons. The molecule has 1 aliphatic heterocycles. The summed E-state index contributed by atoms with van der Waals surface area (Å²) >= 11 is 0. The van der Waals surface area contributed by atoms with Gasteiger partial charge < -0.3 is 9.47 Å². The molecular formula is C18H17NO6S. The number of hydrogen-bond donors (Lipinski definition) is 0. The second-order valence-corrected chi connectivity index (χ2v) is 7.66. The van der Waals surface area contributed by atoms with Gasteiger partial charge in [0.05, 0.1) is 22.8 Å². The molecule has 1 heterocycles. The number of benzene rings is 2.